The molecular weight excluding hydrogens is 891 g/mol. The number of furan rings is 1. The standard InChI is InChI=1S/C49H34N2.C9H9NO.C8H9N.CH5N/c50-47(33-14-2-1-3-15-33)38-21-12-23-42-46(38)39-30-31(29-34-17-10-16-32-13-4-5-18-35(32)34)27-28-40(39)49(42)41-22-7-9-26-45(41)51-44-25-8-6-19-36(44)37-20-11-24-43(49)48(37)51;1-6-9(10)7-4-2-3-5-8(7)11-6;1-7(9)8-5-3-2-4-6-8;1-2/h1-24,26-28,30,44,50H,25,29H2;2-5H,10H2,1H3;2-6,9H,1H3;2H2,1H3. The van der Waals surface area contributed by atoms with Gasteiger partial charge in [-0.25, -0.2) is 0 Å². The minimum Gasteiger partial charge on any atom is -0.459 e. The van der Waals surface area contributed by atoms with E-state index >= 15 is 0 Å². The zero-order valence-electron chi connectivity index (χ0n) is 41.4. The summed E-state index contributed by atoms with van der Waals surface area (Å²) in [7, 11) is 1.50. The lowest BCUT2D eigenvalue weighted by Gasteiger charge is -2.45. The van der Waals surface area contributed by atoms with E-state index in [2.05, 4.69) is 162 Å². The lowest BCUT2D eigenvalue weighted by molar-refractivity contribution is 0.580. The molecule has 2 aliphatic carbocycles. The van der Waals surface area contributed by atoms with Crippen LogP contribution in [0, 0.1) is 17.7 Å². The highest BCUT2D eigenvalue weighted by atomic mass is 16.3. The fraction of sp³-hybridized carbons (Fsp3) is 0.104. The summed E-state index contributed by atoms with van der Waals surface area (Å²) < 4.78 is 5.37. The van der Waals surface area contributed by atoms with E-state index in [4.69, 9.17) is 15.6 Å². The third-order valence-corrected chi connectivity index (χ3v) is 14.9. The van der Waals surface area contributed by atoms with Gasteiger partial charge in [0.15, 0.2) is 0 Å². The molecule has 2 aliphatic heterocycles. The number of nitrogens with two attached hydrogens (primary N) is 2. The van der Waals surface area contributed by atoms with E-state index in [9.17, 15) is 5.41 Å². The highest BCUT2D eigenvalue weighted by Crippen LogP contribution is 2.66. The van der Waals surface area contributed by atoms with Gasteiger partial charge in [-0.05, 0) is 118 Å². The molecule has 0 saturated carbocycles. The Morgan fingerprint density at radius 2 is 1.27 bits per heavy atom. The van der Waals surface area contributed by atoms with Crippen molar-refractivity contribution in [2.75, 3.05) is 17.7 Å². The predicted molar refractivity (Wildman–Crippen MR) is 305 cm³/mol. The predicted octanol–water partition coefficient (Wildman–Crippen LogP) is 15.4. The fourth-order valence-corrected chi connectivity index (χ4v) is 11.7. The lowest BCUT2D eigenvalue weighted by Crippen LogP contribution is -2.39. The van der Waals surface area contributed by atoms with Crippen molar-refractivity contribution < 1.29 is 4.42 Å². The van der Waals surface area contributed by atoms with Crippen LogP contribution < -0.4 is 16.4 Å². The number of anilines is 3. The Labute approximate surface area is 427 Å². The van der Waals surface area contributed by atoms with E-state index in [0.717, 1.165) is 51.9 Å². The molecule has 2 atom stereocenters. The Balaban J connectivity index is 0.000000216. The van der Waals surface area contributed by atoms with Crippen LogP contribution in [0.1, 0.15) is 74.7 Å². The Morgan fingerprint density at radius 1 is 0.630 bits per heavy atom. The molecule has 3 heterocycles. The summed E-state index contributed by atoms with van der Waals surface area (Å²) in [4.78, 5) is 2.63. The van der Waals surface area contributed by atoms with Crippen LogP contribution >= 0.6 is 0 Å². The number of allylic oxidation sites excluding steroid dienone is 2. The van der Waals surface area contributed by atoms with Crippen LogP contribution in [0.15, 0.2) is 229 Å². The van der Waals surface area contributed by atoms with E-state index in [1.807, 2.05) is 79.7 Å². The second-order valence-electron chi connectivity index (χ2n) is 18.9. The second kappa shape index (κ2) is 19.4. The third-order valence-electron chi connectivity index (χ3n) is 14.9. The van der Waals surface area contributed by atoms with Crippen LogP contribution in [0.3, 0.4) is 0 Å². The van der Waals surface area contributed by atoms with Gasteiger partial charge in [0.1, 0.15) is 11.3 Å². The zero-order valence-corrected chi connectivity index (χ0v) is 41.4. The van der Waals surface area contributed by atoms with Crippen LogP contribution in [0.2, 0.25) is 0 Å². The van der Waals surface area contributed by atoms with E-state index in [1.54, 1.807) is 6.92 Å². The maximum absolute atomic E-state index is 9.66. The number of hydrogen-bond acceptors (Lipinski definition) is 6. The minimum absolute atomic E-state index is 0.283. The fourth-order valence-electron chi connectivity index (χ4n) is 11.7. The summed E-state index contributed by atoms with van der Waals surface area (Å²) in [5.41, 5.74) is 31.0. The normalized spacial score (nSPS) is 15.8. The number of hydrogen-bond donors (Lipinski definition) is 4. The average Bonchev–Trinajstić information content (AvgIpc) is 4.06. The summed E-state index contributed by atoms with van der Waals surface area (Å²) >= 11 is 0. The van der Waals surface area contributed by atoms with Gasteiger partial charge in [-0.2, -0.15) is 0 Å². The number of para-hydroxylation sites is 3. The largest absolute Gasteiger partial charge is 0.459 e. The molecule has 0 bridgehead atoms. The average molecular weight is 948 g/mol. The molecule has 73 heavy (non-hydrogen) atoms. The molecule has 0 radical (unpaired) electrons. The van der Waals surface area contributed by atoms with Gasteiger partial charge in [0, 0.05) is 33.5 Å². The lowest BCUT2D eigenvalue weighted by atomic mass is 9.64. The summed E-state index contributed by atoms with van der Waals surface area (Å²) in [5.74, 6) is 0.797. The SMILES string of the molecule is CC(=N)c1ccccc1.CN.Cc1oc2ccccc2c1N.N=C(c1ccccc1)c1cccc2c1-c1cc(Cc3cccc4ccccc34)ccc1C21c2ccccc2N2c3c(cccc31)C1=CC=CCC12. The van der Waals surface area contributed by atoms with Gasteiger partial charge in [-0.1, -0.05) is 206 Å². The summed E-state index contributed by atoms with van der Waals surface area (Å²) in [5, 5.41) is 20.5. The van der Waals surface area contributed by atoms with Crippen molar-refractivity contribution in [2.24, 2.45) is 5.73 Å². The maximum atomic E-state index is 9.66. The Hall–Kier alpha value is -8.84. The van der Waals surface area contributed by atoms with Gasteiger partial charge in [0.25, 0.3) is 0 Å². The first-order valence-corrected chi connectivity index (χ1v) is 25.0. The zero-order chi connectivity index (χ0) is 50.2. The molecule has 1 spiro atoms. The summed E-state index contributed by atoms with van der Waals surface area (Å²) in [6.07, 6.45) is 8.69. The van der Waals surface area contributed by atoms with Crippen molar-refractivity contribution in [3.8, 4) is 11.1 Å². The molecular formula is C67H57N5O. The van der Waals surface area contributed by atoms with Crippen LogP contribution in [-0.2, 0) is 11.8 Å². The van der Waals surface area contributed by atoms with Crippen molar-refractivity contribution in [1.29, 1.82) is 10.8 Å². The van der Waals surface area contributed by atoms with E-state index < -0.39 is 5.41 Å². The van der Waals surface area contributed by atoms with Gasteiger partial charge >= 0.3 is 0 Å². The molecule has 10 aromatic rings. The van der Waals surface area contributed by atoms with Gasteiger partial charge in [-0.3, -0.25) is 5.41 Å². The molecule has 0 amide bonds. The first kappa shape index (κ1) is 46.5. The van der Waals surface area contributed by atoms with E-state index in [0.29, 0.717) is 11.4 Å². The van der Waals surface area contributed by atoms with E-state index in [1.165, 1.54) is 84.8 Å². The van der Waals surface area contributed by atoms with Crippen LogP contribution in [-0.4, -0.2) is 24.5 Å². The van der Waals surface area contributed by atoms with Crippen molar-refractivity contribution in [3.05, 3.63) is 286 Å². The van der Waals surface area contributed by atoms with Crippen LogP contribution in [0.5, 0.6) is 0 Å². The van der Waals surface area contributed by atoms with Gasteiger partial charge in [0.2, 0.25) is 0 Å². The maximum Gasteiger partial charge on any atom is 0.136 e. The molecule has 9 aromatic carbocycles. The van der Waals surface area contributed by atoms with Crippen molar-refractivity contribution in [1.82, 2.24) is 0 Å². The molecule has 2 unspecified atom stereocenters. The van der Waals surface area contributed by atoms with Crippen LogP contribution in [0.4, 0.5) is 17.1 Å². The van der Waals surface area contributed by atoms with Crippen molar-refractivity contribution >= 4 is 55.8 Å². The Bertz CT molecular complexity index is 3800. The van der Waals surface area contributed by atoms with E-state index in [-0.39, 0.29) is 6.04 Å². The highest BCUT2D eigenvalue weighted by Gasteiger charge is 2.55. The molecule has 14 rings (SSSR count). The summed E-state index contributed by atoms with van der Waals surface area (Å²) in [6.45, 7) is 3.66. The molecule has 1 aromatic heterocycles. The van der Waals surface area contributed by atoms with Gasteiger partial charge in [0.05, 0.1) is 28.5 Å². The number of aryl methyl sites for hydroxylation is 1. The molecule has 6 nitrogen and oxygen atoms in total. The van der Waals surface area contributed by atoms with Crippen molar-refractivity contribution in [2.45, 2.75) is 38.1 Å². The quantitative estimate of drug-likeness (QED) is 0.129. The highest BCUT2D eigenvalue weighted by molar-refractivity contribution is 6.16. The monoisotopic (exact) mass is 947 g/mol. The van der Waals surface area contributed by atoms with Crippen molar-refractivity contribution in [3.63, 3.8) is 0 Å². The number of rotatable bonds is 5. The first-order chi connectivity index (χ1) is 35.8. The molecule has 0 saturated heterocycles. The molecule has 6 heteroatoms. The smallest absolute Gasteiger partial charge is 0.136 e. The van der Waals surface area contributed by atoms with Gasteiger partial charge < -0.3 is 26.2 Å². The molecule has 0 fully saturated rings. The number of nitrogens with one attached hydrogen (secondary N) is 2. The molecule has 356 valence electrons. The Kier molecular flexibility index (Phi) is 12.4. The summed E-state index contributed by atoms with van der Waals surface area (Å²) in [6, 6.07) is 73.3. The van der Waals surface area contributed by atoms with Gasteiger partial charge in [-0.15, -0.1) is 0 Å². The molecule has 6 N–H and O–H groups in total. The topological polar surface area (TPSA) is 116 Å². The number of nitrogens with zero attached hydrogens (tertiary/aromatic N) is 1. The second-order valence-corrected chi connectivity index (χ2v) is 18.9. The Morgan fingerprint density at radius 3 is 2.04 bits per heavy atom. The van der Waals surface area contributed by atoms with Crippen LogP contribution in [0.25, 0.3) is 38.4 Å². The first-order valence-electron chi connectivity index (χ1n) is 25.0. The minimum atomic E-state index is -0.532. The number of fused-ring (bicyclic) bond motifs is 14. The number of nitrogen functional groups attached to an aromatic ring is 1. The third kappa shape index (κ3) is 7.79. The number of benzene rings is 9. The molecule has 4 aliphatic rings.